The molecule has 0 bridgehead atoms. The second-order valence-corrected chi connectivity index (χ2v) is 6.83. The van der Waals surface area contributed by atoms with Gasteiger partial charge in [0.15, 0.2) is 5.75 Å². The van der Waals surface area contributed by atoms with Gasteiger partial charge in [0, 0.05) is 7.05 Å². The minimum Gasteiger partial charge on any atom is -0.494 e. The second-order valence-electron chi connectivity index (χ2n) is 6.83. The summed E-state index contributed by atoms with van der Waals surface area (Å²) in [6, 6.07) is 14.2. The minimum absolute atomic E-state index is 0.129. The van der Waals surface area contributed by atoms with Crippen LogP contribution in [0.25, 0.3) is 11.1 Å². The monoisotopic (exact) mass is 419 g/mol. The number of furan rings is 1. The topological polar surface area (TPSA) is 95.6 Å². The summed E-state index contributed by atoms with van der Waals surface area (Å²) in [6.45, 7) is 4.12. The Kier molecular flexibility index (Phi) is 5.44. The van der Waals surface area contributed by atoms with Crippen LogP contribution in [0.1, 0.15) is 23.0 Å². The lowest BCUT2D eigenvalue weighted by Crippen LogP contribution is -2.20. The highest BCUT2D eigenvalue weighted by atomic mass is 16.5. The number of aromatic nitrogens is 2. The molecule has 0 aliphatic heterocycles. The molecule has 2 heterocycles. The number of carbonyl (C=O) groups is 1. The van der Waals surface area contributed by atoms with Crippen LogP contribution in [0.2, 0.25) is 0 Å². The SMILES string of the molecule is CCOc1ccc(Oc2ccccc2NC(=O)c2c(C)oc3ncn(C)c(=O)c23)cc1. The first-order valence-corrected chi connectivity index (χ1v) is 9.73. The van der Waals surface area contributed by atoms with E-state index >= 15 is 0 Å². The maximum absolute atomic E-state index is 13.1. The Balaban J connectivity index is 1.63. The number of carbonyl (C=O) groups excluding carboxylic acids is 1. The van der Waals surface area contributed by atoms with Crippen molar-refractivity contribution in [3.63, 3.8) is 0 Å². The molecule has 0 unspecified atom stereocenters. The van der Waals surface area contributed by atoms with Gasteiger partial charge in [-0.3, -0.25) is 9.59 Å². The van der Waals surface area contributed by atoms with Crippen LogP contribution in [0.4, 0.5) is 5.69 Å². The molecule has 0 aliphatic rings. The largest absolute Gasteiger partial charge is 0.494 e. The van der Waals surface area contributed by atoms with Crippen LogP contribution in [0.15, 0.2) is 64.1 Å². The van der Waals surface area contributed by atoms with Gasteiger partial charge in [0.25, 0.3) is 11.5 Å². The number of ether oxygens (including phenoxy) is 2. The zero-order valence-electron chi connectivity index (χ0n) is 17.3. The molecule has 2 aromatic carbocycles. The van der Waals surface area contributed by atoms with Gasteiger partial charge in [-0.15, -0.1) is 0 Å². The molecule has 0 saturated carbocycles. The van der Waals surface area contributed by atoms with E-state index < -0.39 is 5.91 Å². The number of hydrogen-bond acceptors (Lipinski definition) is 6. The number of nitrogens with one attached hydrogen (secondary N) is 1. The van der Waals surface area contributed by atoms with Gasteiger partial charge >= 0.3 is 0 Å². The molecule has 2 aromatic heterocycles. The molecule has 1 amide bonds. The molecule has 4 rings (SSSR count). The Morgan fingerprint density at radius 3 is 2.58 bits per heavy atom. The van der Waals surface area contributed by atoms with Gasteiger partial charge in [0.2, 0.25) is 5.71 Å². The first-order valence-electron chi connectivity index (χ1n) is 9.73. The van der Waals surface area contributed by atoms with Crippen molar-refractivity contribution in [1.29, 1.82) is 0 Å². The Morgan fingerprint density at radius 1 is 1.13 bits per heavy atom. The average molecular weight is 419 g/mol. The Bertz CT molecular complexity index is 1310. The van der Waals surface area contributed by atoms with Crippen molar-refractivity contribution < 1.29 is 18.7 Å². The third-order valence-corrected chi connectivity index (χ3v) is 4.67. The van der Waals surface area contributed by atoms with Crippen LogP contribution in [0, 0.1) is 6.92 Å². The molecule has 8 nitrogen and oxygen atoms in total. The fourth-order valence-corrected chi connectivity index (χ4v) is 3.20. The van der Waals surface area contributed by atoms with Crippen LogP contribution < -0.4 is 20.3 Å². The lowest BCUT2D eigenvalue weighted by Gasteiger charge is -2.12. The van der Waals surface area contributed by atoms with Crippen LogP contribution >= 0.6 is 0 Å². The standard InChI is InChI=1S/C23H21N3O5/c1-4-29-15-9-11-16(12-10-15)31-18-8-6-5-7-17(18)25-21(27)19-14(2)30-22-20(19)23(28)26(3)13-24-22/h5-13H,4H2,1-3H3,(H,25,27). The van der Waals surface area contributed by atoms with E-state index in [4.69, 9.17) is 13.9 Å². The van der Waals surface area contributed by atoms with E-state index in [-0.39, 0.29) is 22.2 Å². The third kappa shape index (κ3) is 4.00. The summed E-state index contributed by atoms with van der Waals surface area (Å²) < 4.78 is 18.2. The van der Waals surface area contributed by atoms with Crippen molar-refractivity contribution >= 4 is 22.7 Å². The van der Waals surface area contributed by atoms with Crippen molar-refractivity contribution in [3.05, 3.63) is 76.5 Å². The molecule has 0 saturated heterocycles. The number of hydrogen-bond donors (Lipinski definition) is 1. The highest BCUT2D eigenvalue weighted by Crippen LogP contribution is 2.31. The molecule has 0 aliphatic carbocycles. The van der Waals surface area contributed by atoms with Gasteiger partial charge in [-0.2, -0.15) is 0 Å². The van der Waals surface area contributed by atoms with Crippen molar-refractivity contribution in [2.75, 3.05) is 11.9 Å². The van der Waals surface area contributed by atoms with E-state index in [1.165, 1.54) is 10.9 Å². The smallest absolute Gasteiger partial charge is 0.265 e. The molecule has 158 valence electrons. The average Bonchev–Trinajstić information content (AvgIpc) is 3.10. The Hall–Kier alpha value is -4.07. The number of benzene rings is 2. The van der Waals surface area contributed by atoms with Crippen molar-refractivity contribution in [1.82, 2.24) is 9.55 Å². The maximum Gasteiger partial charge on any atom is 0.265 e. The van der Waals surface area contributed by atoms with E-state index in [1.54, 1.807) is 50.4 Å². The predicted molar refractivity (Wildman–Crippen MR) is 116 cm³/mol. The quantitative estimate of drug-likeness (QED) is 0.501. The van der Waals surface area contributed by atoms with E-state index in [0.29, 0.717) is 29.6 Å². The summed E-state index contributed by atoms with van der Waals surface area (Å²) in [5, 5.41) is 2.96. The van der Waals surface area contributed by atoms with Gasteiger partial charge in [-0.1, -0.05) is 12.1 Å². The lowest BCUT2D eigenvalue weighted by molar-refractivity contribution is 0.102. The van der Waals surface area contributed by atoms with E-state index in [0.717, 1.165) is 5.75 Å². The summed E-state index contributed by atoms with van der Waals surface area (Å²) in [5.74, 6) is 1.62. The molecule has 1 N–H and O–H groups in total. The van der Waals surface area contributed by atoms with Gasteiger partial charge in [-0.25, -0.2) is 4.98 Å². The van der Waals surface area contributed by atoms with E-state index in [1.807, 2.05) is 19.1 Å². The summed E-state index contributed by atoms with van der Waals surface area (Å²) in [4.78, 5) is 29.7. The zero-order chi connectivity index (χ0) is 22.0. The molecule has 0 fully saturated rings. The highest BCUT2D eigenvalue weighted by Gasteiger charge is 2.23. The Morgan fingerprint density at radius 2 is 1.84 bits per heavy atom. The molecule has 0 atom stereocenters. The summed E-state index contributed by atoms with van der Waals surface area (Å²) >= 11 is 0. The molecule has 4 aromatic rings. The fraction of sp³-hybridized carbons (Fsp3) is 0.174. The van der Waals surface area contributed by atoms with Gasteiger partial charge < -0.3 is 23.8 Å². The molecular weight excluding hydrogens is 398 g/mol. The Labute approximate surface area is 178 Å². The summed E-state index contributed by atoms with van der Waals surface area (Å²) in [6.07, 6.45) is 1.36. The number of rotatable bonds is 6. The predicted octanol–water partition coefficient (Wildman–Crippen LogP) is 4.28. The number of aryl methyl sites for hydroxylation is 2. The highest BCUT2D eigenvalue weighted by molar-refractivity contribution is 6.13. The van der Waals surface area contributed by atoms with Crippen molar-refractivity contribution in [3.8, 4) is 17.2 Å². The molecule has 8 heteroatoms. The summed E-state index contributed by atoms with van der Waals surface area (Å²) in [7, 11) is 1.57. The fourth-order valence-electron chi connectivity index (χ4n) is 3.20. The molecule has 0 radical (unpaired) electrons. The number of nitrogens with zero attached hydrogens (tertiary/aromatic N) is 2. The lowest BCUT2D eigenvalue weighted by atomic mass is 10.1. The van der Waals surface area contributed by atoms with Crippen LogP contribution in [0.3, 0.4) is 0 Å². The normalized spacial score (nSPS) is 10.8. The molecule has 31 heavy (non-hydrogen) atoms. The van der Waals surface area contributed by atoms with E-state index in [9.17, 15) is 9.59 Å². The second kappa shape index (κ2) is 8.35. The van der Waals surface area contributed by atoms with Crippen molar-refractivity contribution in [2.45, 2.75) is 13.8 Å². The van der Waals surface area contributed by atoms with Gasteiger partial charge in [0.05, 0.1) is 17.9 Å². The van der Waals surface area contributed by atoms with Crippen LogP contribution in [-0.2, 0) is 7.05 Å². The van der Waals surface area contributed by atoms with Crippen LogP contribution in [-0.4, -0.2) is 22.1 Å². The first kappa shape index (κ1) is 20.2. The van der Waals surface area contributed by atoms with E-state index in [2.05, 4.69) is 10.3 Å². The number of fused-ring (bicyclic) bond motifs is 1. The summed E-state index contributed by atoms with van der Waals surface area (Å²) in [5.41, 5.74) is 0.381. The molecular formula is C23H21N3O5. The minimum atomic E-state index is -0.482. The number of anilines is 1. The van der Waals surface area contributed by atoms with Crippen molar-refractivity contribution in [2.24, 2.45) is 7.05 Å². The van der Waals surface area contributed by atoms with Gasteiger partial charge in [0.1, 0.15) is 29.0 Å². The zero-order valence-corrected chi connectivity index (χ0v) is 17.3. The van der Waals surface area contributed by atoms with Crippen LogP contribution in [0.5, 0.6) is 17.2 Å². The number of para-hydroxylation sites is 2. The maximum atomic E-state index is 13.1. The first-order chi connectivity index (χ1) is 15.0. The number of amides is 1. The third-order valence-electron chi connectivity index (χ3n) is 4.67. The van der Waals surface area contributed by atoms with Gasteiger partial charge in [-0.05, 0) is 50.2 Å². The molecule has 0 spiro atoms.